The normalized spacial score (nSPS) is 27.0. The molecule has 2 aliphatic rings. The van der Waals surface area contributed by atoms with Crippen molar-refractivity contribution in [2.24, 2.45) is 17.6 Å². The molecule has 1 aliphatic carbocycles. The predicted molar refractivity (Wildman–Crippen MR) is 67.7 cm³/mol. The first-order valence-corrected chi connectivity index (χ1v) is 6.85. The maximum Gasteiger partial charge on any atom is 0.0602 e. The van der Waals surface area contributed by atoms with E-state index in [1.165, 1.54) is 25.7 Å². The summed E-state index contributed by atoms with van der Waals surface area (Å²) in [5.74, 6) is 1.34. The Balaban J connectivity index is 1.80. The minimum Gasteiger partial charge on any atom is -0.395 e. The Hall–Kier alpha value is -0.160. The standard InChI is InChI=1S/C13H26N2O2/c1-17-9-10-4-6-15(7-5-10)12(8-16)13(14)11-2-3-11/h10-13,16H,2-9,14H2,1H3. The molecule has 1 aliphatic heterocycles. The van der Waals surface area contributed by atoms with Gasteiger partial charge in [0.1, 0.15) is 0 Å². The van der Waals surface area contributed by atoms with Crippen molar-refractivity contribution in [3.63, 3.8) is 0 Å². The fraction of sp³-hybridized carbons (Fsp3) is 1.00. The Bertz CT molecular complexity index is 225. The summed E-state index contributed by atoms with van der Waals surface area (Å²) in [7, 11) is 1.77. The number of piperidine rings is 1. The Kier molecular flexibility index (Phi) is 4.79. The maximum atomic E-state index is 9.55. The molecule has 2 fully saturated rings. The first-order chi connectivity index (χ1) is 8.26. The molecule has 0 amide bonds. The largest absolute Gasteiger partial charge is 0.395 e. The van der Waals surface area contributed by atoms with E-state index in [0.29, 0.717) is 11.8 Å². The Morgan fingerprint density at radius 2 is 1.94 bits per heavy atom. The van der Waals surface area contributed by atoms with Crippen LogP contribution in [0.25, 0.3) is 0 Å². The van der Waals surface area contributed by atoms with Crippen LogP contribution in [0.1, 0.15) is 25.7 Å². The molecule has 0 aromatic heterocycles. The lowest BCUT2D eigenvalue weighted by Crippen LogP contribution is -2.53. The Morgan fingerprint density at radius 1 is 1.29 bits per heavy atom. The molecule has 2 unspecified atom stereocenters. The topological polar surface area (TPSA) is 58.7 Å². The Labute approximate surface area is 104 Å². The fourth-order valence-corrected chi connectivity index (χ4v) is 2.96. The monoisotopic (exact) mass is 242 g/mol. The van der Waals surface area contributed by atoms with Crippen LogP contribution < -0.4 is 5.73 Å². The van der Waals surface area contributed by atoms with Gasteiger partial charge in [0.25, 0.3) is 0 Å². The van der Waals surface area contributed by atoms with Crippen molar-refractivity contribution in [3.8, 4) is 0 Å². The smallest absolute Gasteiger partial charge is 0.0602 e. The molecule has 1 saturated heterocycles. The molecule has 2 atom stereocenters. The lowest BCUT2D eigenvalue weighted by atomic mass is 9.94. The third-order valence-corrected chi connectivity index (χ3v) is 4.32. The zero-order chi connectivity index (χ0) is 12.3. The highest BCUT2D eigenvalue weighted by atomic mass is 16.5. The summed E-state index contributed by atoms with van der Waals surface area (Å²) in [4.78, 5) is 2.38. The van der Waals surface area contributed by atoms with Crippen molar-refractivity contribution in [2.75, 3.05) is 33.4 Å². The van der Waals surface area contributed by atoms with Crippen LogP contribution in [-0.4, -0.2) is 55.5 Å². The zero-order valence-electron chi connectivity index (χ0n) is 10.8. The van der Waals surface area contributed by atoms with E-state index in [0.717, 1.165) is 19.7 Å². The lowest BCUT2D eigenvalue weighted by Gasteiger charge is -2.39. The molecular weight excluding hydrogens is 216 g/mol. The summed E-state index contributed by atoms with van der Waals surface area (Å²) < 4.78 is 5.21. The second kappa shape index (κ2) is 6.14. The molecule has 0 aromatic rings. The fourth-order valence-electron chi connectivity index (χ4n) is 2.96. The highest BCUT2D eigenvalue weighted by Crippen LogP contribution is 2.34. The summed E-state index contributed by atoms with van der Waals surface area (Å²) >= 11 is 0. The summed E-state index contributed by atoms with van der Waals surface area (Å²) in [6.45, 7) is 3.18. The highest BCUT2D eigenvalue weighted by Gasteiger charge is 2.37. The van der Waals surface area contributed by atoms with Crippen molar-refractivity contribution in [2.45, 2.75) is 37.8 Å². The van der Waals surface area contributed by atoms with Gasteiger partial charge in [-0.15, -0.1) is 0 Å². The number of hydrogen-bond donors (Lipinski definition) is 2. The molecule has 0 radical (unpaired) electrons. The molecule has 0 bridgehead atoms. The number of methoxy groups -OCH3 is 1. The van der Waals surface area contributed by atoms with Crippen LogP contribution in [0.4, 0.5) is 0 Å². The van der Waals surface area contributed by atoms with Gasteiger partial charge in [0.15, 0.2) is 0 Å². The zero-order valence-corrected chi connectivity index (χ0v) is 10.8. The quantitative estimate of drug-likeness (QED) is 0.710. The van der Waals surface area contributed by atoms with Gasteiger partial charge in [-0.05, 0) is 50.6 Å². The number of rotatable bonds is 6. The van der Waals surface area contributed by atoms with Crippen molar-refractivity contribution < 1.29 is 9.84 Å². The molecular formula is C13H26N2O2. The first-order valence-electron chi connectivity index (χ1n) is 6.85. The van der Waals surface area contributed by atoms with Crippen molar-refractivity contribution >= 4 is 0 Å². The lowest BCUT2D eigenvalue weighted by molar-refractivity contribution is 0.0461. The van der Waals surface area contributed by atoms with E-state index in [4.69, 9.17) is 10.5 Å². The van der Waals surface area contributed by atoms with Gasteiger partial charge in [-0.1, -0.05) is 0 Å². The highest BCUT2D eigenvalue weighted by molar-refractivity contribution is 4.94. The maximum absolute atomic E-state index is 9.55. The minimum atomic E-state index is 0.166. The third kappa shape index (κ3) is 3.41. The molecule has 4 heteroatoms. The molecule has 100 valence electrons. The van der Waals surface area contributed by atoms with E-state index in [9.17, 15) is 5.11 Å². The van der Waals surface area contributed by atoms with Crippen LogP contribution in [0, 0.1) is 11.8 Å². The second-order valence-electron chi connectivity index (χ2n) is 5.60. The number of ether oxygens (including phenoxy) is 1. The average molecular weight is 242 g/mol. The second-order valence-corrected chi connectivity index (χ2v) is 5.60. The SMILES string of the molecule is COCC1CCN(C(CO)C(N)C2CC2)CC1. The van der Waals surface area contributed by atoms with E-state index in [1.807, 2.05) is 0 Å². The van der Waals surface area contributed by atoms with Crippen LogP contribution in [0.3, 0.4) is 0 Å². The molecule has 17 heavy (non-hydrogen) atoms. The molecule has 0 aromatic carbocycles. The average Bonchev–Trinajstić information content (AvgIpc) is 3.16. The van der Waals surface area contributed by atoms with E-state index in [2.05, 4.69) is 4.90 Å². The van der Waals surface area contributed by atoms with Gasteiger partial charge in [-0.3, -0.25) is 4.90 Å². The number of aliphatic hydroxyl groups excluding tert-OH is 1. The summed E-state index contributed by atoms with van der Waals surface area (Å²) in [6, 6.07) is 0.338. The summed E-state index contributed by atoms with van der Waals surface area (Å²) in [5.41, 5.74) is 6.23. The number of likely N-dealkylation sites (tertiary alicyclic amines) is 1. The van der Waals surface area contributed by atoms with Gasteiger partial charge in [0.05, 0.1) is 6.61 Å². The third-order valence-electron chi connectivity index (χ3n) is 4.32. The summed E-state index contributed by atoms with van der Waals surface area (Å²) in [5, 5.41) is 9.55. The van der Waals surface area contributed by atoms with E-state index in [-0.39, 0.29) is 18.7 Å². The van der Waals surface area contributed by atoms with Crippen molar-refractivity contribution in [1.29, 1.82) is 0 Å². The van der Waals surface area contributed by atoms with Gasteiger partial charge in [0, 0.05) is 25.8 Å². The van der Waals surface area contributed by atoms with Gasteiger partial charge >= 0.3 is 0 Å². The van der Waals surface area contributed by atoms with Crippen LogP contribution >= 0.6 is 0 Å². The van der Waals surface area contributed by atoms with Crippen LogP contribution in [-0.2, 0) is 4.74 Å². The van der Waals surface area contributed by atoms with Crippen molar-refractivity contribution in [3.05, 3.63) is 0 Å². The number of nitrogens with zero attached hydrogens (tertiary/aromatic N) is 1. The first kappa shape index (κ1) is 13.3. The molecule has 2 rings (SSSR count). The van der Waals surface area contributed by atoms with Gasteiger partial charge in [-0.25, -0.2) is 0 Å². The number of hydrogen-bond acceptors (Lipinski definition) is 4. The van der Waals surface area contributed by atoms with Crippen molar-refractivity contribution in [1.82, 2.24) is 4.90 Å². The van der Waals surface area contributed by atoms with Gasteiger partial charge in [0.2, 0.25) is 0 Å². The van der Waals surface area contributed by atoms with E-state index < -0.39 is 0 Å². The van der Waals surface area contributed by atoms with Gasteiger partial charge in [-0.2, -0.15) is 0 Å². The minimum absolute atomic E-state index is 0.166. The summed E-state index contributed by atoms with van der Waals surface area (Å²) in [6.07, 6.45) is 4.83. The Morgan fingerprint density at radius 3 is 2.41 bits per heavy atom. The van der Waals surface area contributed by atoms with Crippen LogP contribution in [0.15, 0.2) is 0 Å². The van der Waals surface area contributed by atoms with E-state index >= 15 is 0 Å². The van der Waals surface area contributed by atoms with Crippen LogP contribution in [0.5, 0.6) is 0 Å². The van der Waals surface area contributed by atoms with Crippen LogP contribution in [0.2, 0.25) is 0 Å². The molecule has 0 spiro atoms. The molecule has 1 heterocycles. The number of aliphatic hydroxyl groups is 1. The molecule has 1 saturated carbocycles. The number of nitrogens with two attached hydrogens (primary N) is 1. The molecule has 4 nitrogen and oxygen atoms in total. The predicted octanol–water partition coefficient (Wildman–Crippen LogP) is 0.443. The van der Waals surface area contributed by atoms with Gasteiger partial charge < -0.3 is 15.6 Å². The van der Waals surface area contributed by atoms with E-state index in [1.54, 1.807) is 7.11 Å². The molecule has 3 N–H and O–H groups in total.